The van der Waals surface area contributed by atoms with E-state index in [4.69, 9.17) is 4.74 Å². The predicted molar refractivity (Wildman–Crippen MR) is 97.0 cm³/mol. The number of hydrogen-bond donors (Lipinski definition) is 1. The number of benzene rings is 1. The standard InChI is InChI=1S/C19H31N3O/c1-19(2,3)17(23-5)13-21-18(20-4)22-12-11-16(14-22)15-9-7-6-8-10-15/h6-10,16-17H,11-14H2,1-5H3,(H,20,21). The maximum Gasteiger partial charge on any atom is 0.193 e. The van der Waals surface area contributed by atoms with Crippen LogP contribution in [0.4, 0.5) is 0 Å². The molecule has 0 saturated carbocycles. The van der Waals surface area contributed by atoms with Gasteiger partial charge >= 0.3 is 0 Å². The largest absolute Gasteiger partial charge is 0.379 e. The Morgan fingerprint density at radius 1 is 1.35 bits per heavy atom. The zero-order valence-corrected chi connectivity index (χ0v) is 15.2. The highest BCUT2D eigenvalue weighted by atomic mass is 16.5. The summed E-state index contributed by atoms with van der Waals surface area (Å²) in [5.41, 5.74) is 1.54. The molecule has 1 saturated heterocycles. The molecule has 2 unspecified atom stereocenters. The lowest BCUT2D eigenvalue weighted by atomic mass is 9.89. The van der Waals surface area contributed by atoms with Crippen molar-refractivity contribution in [2.24, 2.45) is 10.4 Å². The molecule has 4 nitrogen and oxygen atoms in total. The number of guanidine groups is 1. The fraction of sp³-hybridized carbons (Fsp3) is 0.632. The van der Waals surface area contributed by atoms with E-state index in [1.165, 1.54) is 12.0 Å². The van der Waals surface area contributed by atoms with Crippen LogP contribution in [-0.2, 0) is 4.74 Å². The van der Waals surface area contributed by atoms with Gasteiger partial charge in [-0.25, -0.2) is 0 Å². The van der Waals surface area contributed by atoms with Gasteiger partial charge in [0.1, 0.15) is 0 Å². The summed E-state index contributed by atoms with van der Waals surface area (Å²) in [6.45, 7) is 9.45. The maximum absolute atomic E-state index is 5.63. The van der Waals surface area contributed by atoms with E-state index in [-0.39, 0.29) is 11.5 Å². The Hall–Kier alpha value is -1.55. The van der Waals surface area contributed by atoms with E-state index in [0.717, 1.165) is 25.6 Å². The van der Waals surface area contributed by atoms with E-state index in [1.54, 1.807) is 7.11 Å². The SMILES string of the molecule is CN=C(NCC(OC)C(C)(C)C)N1CCC(c2ccccc2)C1. The lowest BCUT2D eigenvalue weighted by Gasteiger charge is -2.31. The molecule has 2 atom stereocenters. The van der Waals surface area contributed by atoms with Crippen molar-refractivity contribution in [3.8, 4) is 0 Å². The van der Waals surface area contributed by atoms with Crippen molar-refractivity contribution >= 4 is 5.96 Å². The summed E-state index contributed by atoms with van der Waals surface area (Å²) < 4.78 is 5.63. The molecule has 1 N–H and O–H groups in total. The van der Waals surface area contributed by atoms with Gasteiger partial charge in [0.2, 0.25) is 0 Å². The van der Waals surface area contributed by atoms with Crippen LogP contribution >= 0.6 is 0 Å². The van der Waals surface area contributed by atoms with Crippen molar-refractivity contribution < 1.29 is 4.74 Å². The third-order valence-electron chi connectivity index (χ3n) is 4.67. The Kier molecular flexibility index (Phi) is 6.05. The third kappa shape index (κ3) is 4.71. The quantitative estimate of drug-likeness (QED) is 0.685. The van der Waals surface area contributed by atoms with Crippen LogP contribution in [0.15, 0.2) is 35.3 Å². The molecule has 1 fully saturated rings. The predicted octanol–water partition coefficient (Wildman–Crippen LogP) is 3.11. The summed E-state index contributed by atoms with van der Waals surface area (Å²) >= 11 is 0. The number of nitrogens with one attached hydrogen (secondary N) is 1. The van der Waals surface area contributed by atoms with E-state index in [1.807, 2.05) is 7.05 Å². The number of rotatable bonds is 4. The molecule has 0 bridgehead atoms. The molecular formula is C19H31N3O. The summed E-state index contributed by atoms with van der Waals surface area (Å²) in [5.74, 6) is 1.57. The van der Waals surface area contributed by atoms with Crippen LogP contribution in [0.3, 0.4) is 0 Å². The van der Waals surface area contributed by atoms with E-state index in [2.05, 4.69) is 66.3 Å². The van der Waals surface area contributed by atoms with Gasteiger partial charge in [-0.2, -0.15) is 0 Å². The number of ether oxygens (including phenoxy) is 1. The van der Waals surface area contributed by atoms with Gasteiger partial charge in [-0.05, 0) is 17.4 Å². The van der Waals surface area contributed by atoms with Crippen molar-refractivity contribution in [1.29, 1.82) is 0 Å². The van der Waals surface area contributed by atoms with Gasteiger partial charge in [0.15, 0.2) is 5.96 Å². The molecule has 0 aliphatic carbocycles. The van der Waals surface area contributed by atoms with E-state index < -0.39 is 0 Å². The van der Waals surface area contributed by atoms with Crippen molar-refractivity contribution in [3.63, 3.8) is 0 Å². The Labute approximate surface area is 140 Å². The molecule has 1 aliphatic rings. The molecule has 1 aliphatic heterocycles. The van der Waals surface area contributed by atoms with Gasteiger partial charge in [-0.3, -0.25) is 4.99 Å². The Balaban J connectivity index is 1.93. The first-order chi connectivity index (χ1) is 11.0. The van der Waals surface area contributed by atoms with Crippen LogP contribution < -0.4 is 5.32 Å². The molecule has 0 aromatic heterocycles. The summed E-state index contributed by atoms with van der Waals surface area (Å²) in [7, 11) is 3.64. The molecule has 0 amide bonds. The second-order valence-corrected chi connectivity index (χ2v) is 7.36. The maximum atomic E-state index is 5.63. The fourth-order valence-electron chi connectivity index (χ4n) is 3.21. The van der Waals surface area contributed by atoms with Gasteiger partial charge in [0.05, 0.1) is 6.10 Å². The summed E-state index contributed by atoms with van der Waals surface area (Å²) in [5, 5.41) is 3.49. The summed E-state index contributed by atoms with van der Waals surface area (Å²) in [6.07, 6.45) is 1.34. The van der Waals surface area contributed by atoms with Gasteiger partial charge in [0.25, 0.3) is 0 Å². The average Bonchev–Trinajstić information content (AvgIpc) is 3.01. The molecule has 0 spiro atoms. The first kappa shape index (κ1) is 17.8. The van der Waals surface area contributed by atoms with E-state index in [9.17, 15) is 0 Å². The van der Waals surface area contributed by atoms with Crippen molar-refractivity contribution in [1.82, 2.24) is 10.2 Å². The lowest BCUT2D eigenvalue weighted by Crippen LogP contribution is -2.46. The van der Waals surface area contributed by atoms with Crippen molar-refractivity contribution in [2.45, 2.75) is 39.2 Å². The molecule has 1 aromatic carbocycles. The highest BCUT2D eigenvalue weighted by Gasteiger charge is 2.28. The van der Waals surface area contributed by atoms with Crippen LogP contribution in [0.5, 0.6) is 0 Å². The van der Waals surface area contributed by atoms with Crippen molar-refractivity contribution in [2.75, 3.05) is 33.8 Å². The minimum atomic E-state index is 0.109. The van der Waals surface area contributed by atoms with Crippen LogP contribution in [0, 0.1) is 5.41 Å². The van der Waals surface area contributed by atoms with Crippen LogP contribution in [0.25, 0.3) is 0 Å². The highest BCUT2D eigenvalue weighted by molar-refractivity contribution is 5.80. The smallest absolute Gasteiger partial charge is 0.193 e. The summed E-state index contributed by atoms with van der Waals surface area (Å²) in [6, 6.07) is 10.8. The Morgan fingerprint density at radius 3 is 2.61 bits per heavy atom. The second kappa shape index (κ2) is 7.82. The first-order valence-electron chi connectivity index (χ1n) is 8.49. The van der Waals surface area contributed by atoms with E-state index >= 15 is 0 Å². The van der Waals surface area contributed by atoms with Gasteiger partial charge in [0, 0.05) is 39.7 Å². The Morgan fingerprint density at radius 2 is 2.04 bits per heavy atom. The molecular weight excluding hydrogens is 286 g/mol. The van der Waals surface area contributed by atoms with Gasteiger partial charge in [-0.1, -0.05) is 51.1 Å². The highest BCUT2D eigenvalue weighted by Crippen LogP contribution is 2.27. The van der Waals surface area contributed by atoms with Crippen LogP contribution in [0.2, 0.25) is 0 Å². The zero-order chi connectivity index (χ0) is 16.9. The second-order valence-electron chi connectivity index (χ2n) is 7.36. The normalized spacial score (nSPS) is 20.7. The molecule has 1 heterocycles. The zero-order valence-electron chi connectivity index (χ0n) is 15.2. The fourth-order valence-corrected chi connectivity index (χ4v) is 3.21. The van der Waals surface area contributed by atoms with Crippen LogP contribution in [0.1, 0.15) is 38.7 Å². The first-order valence-corrected chi connectivity index (χ1v) is 8.49. The topological polar surface area (TPSA) is 36.9 Å². The number of nitrogens with zero attached hydrogens (tertiary/aromatic N) is 2. The number of hydrogen-bond acceptors (Lipinski definition) is 2. The van der Waals surface area contributed by atoms with E-state index in [0.29, 0.717) is 5.92 Å². The minimum absolute atomic E-state index is 0.109. The molecule has 2 rings (SSSR count). The molecule has 23 heavy (non-hydrogen) atoms. The summed E-state index contributed by atoms with van der Waals surface area (Å²) in [4.78, 5) is 6.82. The van der Waals surface area contributed by atoms with Crippen LogP contribution in [-0.4, -0.2) is 50.8 Å². The molecule has 0 radical (unpaired) electrons. The monoisotopic (exact) mass is 317 g/mol. The number of likely N-dealkylation sites (tertiary alicyclic amines) is 1. The third-order valence-corrected chi connectivity index (χ3v) is 4.67. The molecule has 128 valence electrons. The Bertz CT molecular complexity index is 507. The lowest BCUT2D eigenvalue weighted by molar-refractivity contribution is 0.0202. The number of aliphatic imine (C=N–C) groups is 1. The minimum Gasteiger partial charge on any atom is -0.379 e. The van der Waals surface area contributed by atoms with Gasteiger partial charge in [-0.15, -0.1) is 0 Å². The van der Waals surface area contributed by atoms with Gasteiger partial charge < -0.3 is 15.0 Å². The number of methoxy groups -OCH3 is 1. The molecule has 1 aromatic rings. The van der Waals surface area contributed by atoms with Crippen molar-refractivity contribution in [3.05, 3.63) is 35.9 Å². The molecule has 4 heteroatoms. The average molecular weight is 317 g/mol.